The number of ether oxygens (including phenoxy) is 3. The maximum atomic E-state index is 5.71. The fourth-order valence-corrected chi connectivity index (χ4v) is 1.85. The standard InChI is InChI=1S/C14H18N2O4/c1-17-12-7-10(3-5-15)8-13(18-2)14(12)19-9-11-4-6-16-20-11/h4,6-8H,3,5,9,15H2,1-2H3. The monoisotopic (exact) mass is 278 g/mol. The van der Waals surface area contributed by atoms with E-state index in [-0.39, 0.29) is 6.61 Å². The van der Waals surface area contributed by atoms with Crippen molar-refractivity contribution in [3.63, 3.8) is 0 Å². The van der Waals surface area contributed by atoms with Crippen LogP contribution < -0.4 is 19.9 Å². The molecule has 0 atom stereocenters. The van der Waals surface area contributed by atoms with E-state index in [1.165, 1.54) is 0 Å². The lowest BCUT2D eigenvalue weighted by Gasteiger charge is -2.15. The summed E-state index contributed by atoms with van der Waals surface area (Å²) in [5.41, 5.74) is 6.61. The molecule has 0 bridgehead atoms. The second-order valence-corrected chi connectivity index (χ2v) is 4.14. The van der Waals surface area contributed by atoms with Crippen LogP contribution in [0.25, 0.3) is 0 Å². The van der Waals surface area contributed by atoms with Crippen LogP contribution in [0.1, 0.15) is 11.3 Å². The van der Waals surface area contributed by atoms with E-state index in [4.69, 9.17) is 24.5 Å². The van der Waals surface area contributed by atoms with Crippen molar-refractivity contribution in [2.75, 3.05) is 20.8 Å². The van der Waals surface area contributed by atoms with Crippen LogP contribution in [0.3, 0.4) is 0 Å². The predicted molar refractivity (Wildman–Crippen MR) is 73.1 cm³/mol. The quantitative estimate of drug-likeness (QED) is 0.831. The molecule has 2 aromatic rings. The Hall–Kier alpha value is -2.21. The van der Waals surface area contributed by atoms with Gasteiger partial charge in [-0.15, -0.1) is 0 Å². The van der Waals surface area contributed by atoms with E-state index in [0.717, 1.165) is 12.0 Å². The van der Waals surface area contributed by atoms with Crippen molar-refractivity contribution in [2.24, 2.45) is 5.73 Å². The summed E-state index contributed by atoms with van der Waals surface area (Å²) in [6, 6.07) is 5.53. The lowest BCUT2D eigenvalue weighted by atomic mass is 10.1. The molecule has 0 unspecified atom stereocenters. The summed E-state index contributed by atoms with van der Waals surface area (Å²) in [6.07, 6.45) is 2.31. The number of nitrogens with two attached hydrogens (primary N) is 1. The van der Waals surface area contributed by atoms with Gasteiger partial charge in [0.25, 0.3) is 0 Å². The highest BCUT2D eigenvalue weighted by Crippen LogP contribution is 2.39. The molecular weight excluding hydrogens is 260 g/mol. The smallest absolute Gasteiger partial charge is 0.204 e. The molecule has 0 spiro atoms. The highest BCUT2D eigenvalue weighted by atomic mass is 16.5. The Morgan fingerprint density at radius 3 is 2.40 bits per heavy atom. The Morgan fingerprint density at radius 2 is 1.90 bits per heavy atom. The molecule has 2 N–H and O–H groups in total. The number of rotatable bonds is 7. The Kier molecular flexibility index (Phi) is 4.84. The van der Waals surface area contributed by atoms with Crippen molar-refractivity contribution >= 4 is 0 Å². The van der Waals surface area contributed by atoms with E-state index in [2.05, 4.69) is 5.16 Å². The number of nitrogens with zero attached hydrogens (tertiary/aromatic N) is 1. The van der Waals surface area contributed by atoms with Crippen LogP contribution in [0, 0.1) is 0 Å². The van der Waals surface area contributed by atoms with Gasteiger partial charge in [0.1, 0.15) is 6.61 Å². The van der Waals surface area contributed by atoms with Gasteiger partial charge in [-0.25, -0.2) is 0 Å². The number of benzene rings is 1. The van der Waals surface area contributed by atoms with E-state index in [1.54, 1.807) is 26.5 Å². The number of hydrogen-bond acceptors (Lipinski definition) is 6. The third-order valence-electron chi connectivity index (χ3n) is 2.80. The van der Waals surface area contributed by atoms with E-state index in [9.17, 15) is 0 Å². The van der Waals surface area contributed by atoms with Gasteiger partial charge in [0.15, 0.2) is 17.3 Å². The van der Waals surface area contributed by atoms with Gasteiger partial charge in [-0.3, -0.25) is 0 Å². The maximum absolute atomic E-state index is 5.71. The van der Waals surface area contributed by atoms with Gasteiger partial charge in [-0.05, 0) is 30.7 Å². The molecule has 0 amide bonds. The van der Waals surface area contributed by atoms with E-state index >= 15 is 0 Å². The third-order valence-corrected chi connectivity index (χ3v) is 2.80. The zero-order valence-electron chi connectivity index (χ0n) is 11.6. The molecule has 0 saturated carbocycles. The molecule has 0 aliphatic rings. The van der Waals surface area contributed by atoms with Crippen molar-refractivity contribution in [1.29, 1.82) is 0 Å². The van der Waals surface area contributed by atoms with Crippen LogP contribution in [0.2, 0.25) is 0 Å². The summed E-state index contributed by atoms with van der Waals surface area (Å²) in [5, 5.41) is 3.63. The van der Waals surface area contributed by atoms with Crippen LogP contribution in [0.5, 0.6) is 17.2 Å². The molecule has 0 aliphatic heterocycles. The number of methoxy groups -OCH3 is 2. The lowest BCUT2D eigenvalue weighted by Crippen LogP contribution is -2.05. The minimum absolute atomic E-state index is 0.253. The molecule has 0 aliphatic carbocycles. The van der Waals surface area contributed by atoms with Crippen LogP contribution >= 0.6 is 0 Å². The van der Waals surface area contributed by atoms with E-state index in [1.807, 2.05) is 12.1 Å². The van der Waals surface area contributed by atoms with Gasteiger partial charge in [-0.1, -0.05) is 5.16 Å². The van der Waals surface area contributed by atoms with Crippen molar-refractivity contribution in [1.82, 2.24) is 5.16 Å². The van der Waals surface area contributed by atoms with E-state index < -0.39 is 0 Å². The van der Waals surface area contributed by atoms with Gasteiger partial charge < -0.3 is 24.5 Å². The van der Waals surface area contributed by atoms with Crippen molar-refractivity contribution in [2.45, 2.75) is 13.0 Å². The molecule has 1 aromatic carbocycles. The van der Waals surface area contributed by atoms with Gasteiger partial charge in [-0.2, -0.15) is 0 Å². The molecular formula is C14H18N2O4. The summed E-state index contributed by atoms with van der Waals surface area (Å²) < 4.78 is 21.4. The molecule has 1 heterocycles. The van der Waals surface area contributed by atoms with Crippen LogP contribution in [0.4, 0.5) is 0 Å². The van der Waals surface area contributed by atoms with Gasteiger partial charge in [0, 0.05) is 6.07 Å². The molecule has 6 nitrogen and oxygen atoms in total. The van der Waals surface area contributed by atoms with Crippen LogP contribution in [-0.4, -0.2) is 25.9 Å². The third kappa shape index (κ3) is 3.21. The van der Waals surface area contributed by atoms with Gasteiger partial charge in [0.2, 0.25) is 5.75 Å². The topological polar surface area (TPSA) is 79.7 Å². The second-order valence-electron chi connectivity index (χ2n) is 4.14. The first-order valence-corrected chi connectivity index (χ1v) is 6.25. The van der Waals surface area contributed by atoms with Gasteiger partial charge >= 0.3 is 0 Å². The minimum atomic E-state index is 0.253. The van der Waals surface area contributed by atoms with E-state index in [0.29, 0.717) is 29.6 Å². The average molecular weight is 278 g/mol. The summed E-state index contributed by atoms with van der Waals surface area (Å²) in [7, 11) is 3.17. The number of hydrogen-bond donors (Lipinski definition) is 1. The molecule has 0 saturated heterocycles. The average Bonchev–Trinajstić information content (AvgIpc) is 2.98. The van der Waals surface area contributed by atoms with Crippen LogP contribution in [-0.2, 0) is 13.0 Å². The maximum Gasteiger partial charge on any atom is 0.204 e. The summed E-state index contributed by atoms with van der Waals surface area (Å²) in [6.45, 7) is 0.813. The normalized spacial score (nSPS) is 10.3. The first-order chi connectivity index (χ1) is 9.78. The largest absolute Gasteiger partial charge is 0.493 e. The highest BCUT2D eigenvalue weighted by Gasteiger charge is 2.14. The van der Waals surface area contributed by atoms with Gasteiger partial charge in [0.05, 0.1) is 20.4 Å². The molecule has 1 aromatic heterocycles. The molecule has 2 rings (SSSR count). The summed E-state index contributed by atoms with van der Waals surface area (Å²) >= 11 is 0. The molecule has 108 valence electrons. The predicted octanol–water partition coefficient (Wildman–Crippen LogP) is 1.77. The van der Waals surface area contributed by atoms with Crippen molar-refractivity contribution < 1.29 is 18.7 Å². The molecule has 6 heteroatoms. The zero-order chi connectivity index (χ0) is 14.4. The van der Waals surface area contributed by atoms with Crippen LogP contribution in [0.15, 0.2) is 28.9 Å². The summed E-state index contributed by atoms with van der Waals surface area (Å²) in [4.78, 5) is 0. The second kappa shape index (κ2) is 6.81. The Labute approximate surface area is 117 Å². The number of aromatic nitrogens is 1. The van der Waals surface area contributed by atoms with Crippen molar-refractivity contribution in [3.8, 4) is 17.2 Å². The minimum Gasteiger partial charge on any atom is -0.493 e. The Morgan fingerprint density at radius 1 is 1.20 bits per heavy atom. The molecule has 0 radical (unpaired) electrons. The van der Waals surface area contributed by atoms with Crippen molar-refractivity contribution in [3.05, 3.63) is 35.7 Å². The Bertz CT molecular complexity index is 515. The molecule has 20 heavy (non-hydrogen) atoms. The lowest BCUT2D eigenvalue weighted by molar-refractivity contribution is 0.228. The SMILES string of the molecule is COc1cc(CCN)cc(OC)c1OCc1ccno1. The first kappa shape index (κ1) is 14.2. The fourth-order valence-electron chi connectivity index (χ4n) is 1.85. The molecule has 0 fully saturated rings. The Balaban J connectivity index is 2.24. The first-order valence-electron chi connectivity index (χ1n) is 6.25. The zero-order valence-corrected chi connectivity index (χ0v) is 11.6. The summed E-state index contributed by atoms with van der Waals surface area (Å²) in [5.74, 6) is 2.37. The fraction of sp³-hybridized carbons (Fsp3) is 0.357. The highest BCUT2D eigenvalue weighted by molar-refractivity contribution is 5.54.